The van der Waals surface area contributed by atoms with Crippen LogP contribution in [0.5, 0.6) is 0 Å². The SMILES string of the molecule is Cc1ccc(N)c(NCCNC(=O)/C=C/c2ccccc2)n1. The van der Waals surface area contributed by atoms with Crippen molar-refractivity contribution in [1.29, 1.82) is 0 Å². The second-order valence-electron chi connectivity index (χ2n) is 4.85. The summed E-state index contributed by atoms with van der Waals surface area (Å²) in [7, 11) is 0. The van der Waals surface area contributed by atoms with Crippen LogP contribution in [-0.2, 0) is 4.79 Å². The van der Waals surface area contributed by atoms with E-state index < -0.39 is 0 Å². The van der Waals surface area contributed by atoms with Gasteiger partial charge >= 0.3 is 0 Å². The van der Waals surface area contributed by atoms with Gasteiger partial charge in [0.1, 0.15) is 5.82 Å². The van der Waals surface area contributed by atoms with Crippen molar-refractivity contribution in [3.8, 4) is 0 Å². The van der Waals surface area contributed by atoms with Crippen molar-refractivity contribution in [3.05, 3.63) is 59.8 Å². The highest BCUT2D eigenvalue weighted by molar-refractivity contribution is 5.91. The van der Waals surface area contributed by atoms with Crippen molar-refractivity contribution in [2.24, 2.45) is 0 Å². The molecule has 2 rings (SSSR count). The van der Waals surface area contributed by atoms with Crippen molar-refractivity contribution in [2.75, 3.05) is 24.1 Å². The van der Waals surface area contributed by atoms with Crippen LogP contribution < -0.4 is 16.4 Å². The number of aryl methyl sites for hydroxylation is 1. The summed E-state index contributed by atoms with van der Waals surface area (Å²) in [5.74, 6) is 0.518. The number of amides is 1. The van der Waals surface area contributed by atoms with E-state index in [1.165, 1.54) is 6.08 Å². The van der Waals surface area contributed by atoms with Crippen LogP contribution >= 0.6 is 0 Å². The van der Waals surface area contributed by atoms with Crippen LogP contribution in [0.3, 0.4) is 0 Å². The highest BCUT2D eigenvalue weighted by atomic mass is 16.1. The summed E-state index contributed by atoms with van der Waals surface area (Å²) in [4.78, 5) is 16.0. The molecule has 1 heterocycles. The zero-order chi connectivity index (χ0) is 15.8. The fourth-order valence-corrected chi connectivity index (χ4v) is 1.87. The van der Waals surface area contributed by atoms with E-state index in [0.717, 1.165) is 11.3 Å². The molecular formula is C17H20N4O. The van der Waals surface area contributed by atoms with Crippen LogP contribution in [0.15, 0.2) is 48.5 Å². The van der Waals surface area contributed by atoms with E-state index in [4.69, 9.17) is 5.73 Å². The number of carbonyl (C=O) groups excluding carboxylic acids is 1. The van der Waals surface area contributed by atoms with Gasteiger partial charge in [-0.25, -0.2) is 4.98 Å². The Balaban J connectivity index is 1.73. The average molecular weight is 296 g/mol. The molecule has 0 saturated heterocycles. The number of carbonyl (C=O) groups is 1. The average Bonchev–Trinajstić information content (AvgIpc) is 2.53. The molecule has 0 bridgehead atoms. The van der Waals surface area contributed by atoms with Crippen molar-refractivity contribution in [1.82, 2.24) is 10.3 Å². The third kappa shape index (κ3) is 4.94. The molecule has 5 heteroatoms. The van der Waals surface area contributed by atoms with Gasteiger partial charge in [-0.05, 0) is 30.7 Å². The molecule has 5 nitrogen and oxygen atoms in total. The number of hydrogen-bond donors (Lipinski definition) is 3. The third-order valence-electron chi connectivity index (χ3n) is 3.01. The minimum Gasteiger partial charge on any atom is -0.396 e. The maximum Gasteiger partial charge on any atom is 0.244 e. The maximum atomic E-state index is 11.7. The molecule has 0 unspecified atom stereocenters. The molecule has 2 aromatic rings. The first kappa shape index (κ1) is 15.6. The van der Waals surface area contributed by atoms with Gasteiger partial charge in [-0.3, -0.25) is 4.79 Å². The smallest absolute Gasteiger partial charge is 0.244 e. The number of nitrogens with two attached hydrogens (primary N) is 1. The Kier molecular flexibility index (Phi) is 5.54. The van der Waals surface area contributed by atoms with Crippen molar-refractivity contribution < 1.29 is 4.79 Å². The van der Waals surface area contributed by atoms with Gasteiger partial charge in [0.05, 0.1) is 5.69 Å². The highest BCUT2D eigenvalue weighted by Gasteiger charge is 2.00. The molecule has 0 spiro atoms. The van der Waals surface area contributed by atoms with Crippen LogP contribution in [0.1, 0.15) is 11.3 Å². The number of nitrogen functional groups attached to an aromatic ring is 1. The lowest BCUT2D eigenvalue weighted by atomic mass is 10.2. The Morgan fingerprint density at radius 1 is 1.18 bits per heavy atom. The minimum atomic E-state index is -0.129. The molecule has 0 aliphatic carbocycles. The molecule has 0 aliphatic heterocycles. The van der Waals surface area contributed by atoms with Gasteiger partial charge in [-0.15, -0.1) is 0 Å². The fourth-order valence-electron chi connectivity index (χ4n) is 1.87. The third-order valence-corrected chi connectivity index (χ3v) is 3.01. The number of nitrogens with one attached hydrogen (secondary N) is 2. The van der Waals surface area contributed by atoms with Gasteiger partial charge in [0.25, 0.3) is 0 Å². The molecule has 0 saturated carbocycles. The molecular weight excluding hydrogens is 276 g/mol. The van der Waals surface area contributed by atoms with Crippen molar-refractivity contribution in [2.45, 2.75) is 6.92 Å². The summed E-state index contributed by atoms with van der Waals surface area (Å²) in [6, 6.07) is 13.4. The number of nitrogens with zero attached hydrogens (tertiary/aromatic N) is 1. The number of hydrogen-bond acceptors (Lipinski definition) is 4. The topological polar surface area (TPSA) is 80.0 Å². The Morgan fingerprint density at radius 3 is 2.73 bits per heavy atom. The van der Waals surface area contributed by atoms with Crippen LogP contribution in [-0.4, -0.2) is 24.0 Å². The standard InChI is InChI=1S/C17H20N4O/c1-13-7-9-15(18)17(21-13)20-12-11-19-16(22)10-8-14-5-3-2-4-6-14/h2-10H,11-12,18H2,1H3,(H,19,22)(H,20,21)/b10-8+. The summed E-state index contributed by atoms with van der Waals surface area (Å²) >= 11 is 0. The highest BCUT2D eigenvalue weighted by Crippen LogP contribution is 2.14. The molecule has 1 amide bonds. The van der Waals surface area contributed by atoms with Crippen LogP contribution in [0, 0.1) is 6.92 Å². The van der Waals surface area contributed by atoms with E-state index in [2.05, 4.69) is 15.6 Å². The van der Waals surface area contributed by atoms with E-state index in [1.54, 1.807) is 6.08 Å². The molecule has 4 N–H and O–H groups in total. The zero-order valence-corrected chi connectivity index (χ0v) is 12.5. The van der Waals surface area contributed by atoms with E-state index in [9.17, 15) is 4.79 Å². The predicted octanol–water partition coefficient (Wildman–Crippen LogP) is 2.21. The van der Waals surface area contributed by atoms with E-state index in [-0.39, 0.29) is 5.91 Å². The summed E-state index contributed by atoms with van der Waals surface area (Å²) < 4.78 is 0. The predicted molar refractivity (Wildman–Crippen MR) is 90.4 cm³/mol. The lowest BCUT2D eigenvalue weighted by Gasteiger charge is -2.09. The summed E-state index contributed by atoms with van der Waals surface area (Å²) in [5, 5.41) is 5.91. The molecule has 1 aromatic carbocycles. The second kappa shape index (κ2) is 7.83. The van der Waals surface area contributed by atoms with E-state index in [0.29, 0.717) is 24.6 Å². The van der Waals surface area contributed by atoms with Crippen molar-refractivity contribution >= 4 is 23.5 Å². The first-order valence-corrected chi connectivity index (χ1v) is 7.13. The quantitative estimate of drug-likeness (QED) is 0.564. The molecule has 1 aromatic heterocycles. The normalized spacial score (nSPS) is 10.6. The zero-order valence-electron chi connectivity index (χ0n) is 12.5. The molecule has 0 atom stereocenters. The van der Waals surface area contributed by atoms with E-state index >= 15 is 0 Å². The van der Waals surface area contributed by atoms with Crippen molar-refractivity contribution in [3.63, 3.8) is 0 Å². The Labute approximate surface area is 130 Å². The number of aromatic nitrogens is 1. The molecule has 22 heavy (non-hydrogen) atoms. The first-order chi connectivity index (χ1) is 10.6. The molecule has 0 radical (unpaired) electrons. The number of benzene rings is 1. The summed E-state index contributed by atoms with van der Waals surface area (Å²) in [6.07, 6.45) is 3.30. The second-order valence-corrected chi connectivity index (χ2v) is 4.85. The van der Waals surface area contributed by atoms with Gasteiger partial charge in [-0.2, -0.15) is 0 Å². The monoisotopic (exact) mass is 296 g/mol. The Hall–Kier alpha value is -2.82. The largest absolute Gasteiger partial charge is 0.396 e. The van der Waals surface area contributed by atoms with Crippen LogP contribution in [0.25, 0.3) is 6.08 Å². The number of pyridine rings is 1. The molecule has 0 fully saturated rings. The first-order valence-electron chi connectivity index (χ1n) is 7.13. The summed E-state index contributed by atoms with van der Waals surface area (Å²) in [6.45, 7) is 2.96. The maximum absolute atomic E-state index is 11.7. The van der Waals surface area contributed by atoms with Gasteiger partial charge < -0.3 is 16.4 Å². The number of anilines is 2. The Bertz CT molecular complexity index is 653. The van der Waals surface area contributed by atoms with Crippen LogP contribution in [0.4, 0.5) is 11.5 Å². The Morgan fingerprint density at radius 2 is 1.95 bits per heavy atom. The van der Waals surface area contributed by atoms with E-state index in [1.807, 2.05) is 49.4 Å². The van der Waals surface area contributed by atoms with Crippen LogP contribution in [0.2, 0.25) is 0 Å². The van der Waals surface area contributed by atoms with Gasteiger partial charge in [0.15, 0.2) is 0 Å². The summed E-state index contributed by atoms with van der Waals surface area (Å²) in [5.41, 5.74) is 8.31. The van der Waals surface area contributed by atoms with Gasteiger partial charge in [-0.1, -0.05) is 30.3 Å². The van der Waals surface area contributed by atoms with Gasteiger partial charge in [0.2, 0.25) is 5.91 Å². The number of rotatable bonds is 6. The van der Waals surface area contributed by atoms with Gasteiger partial charge in [0, 0.05) is 24.9 Å². The molecule has 0 aliphatic rings. The lowest BCUT2D eigenvalue weighted by Crippen LogP contribution is -2.27. The lowest BCUT2D eigenvalue weighted by molar-refractivity contribution is -0.116. The molecule has 114 valence electrons. The minimum absolute atomic E-state index is 0.129. The fraction of sp³-hybridized carbons (Fsp3) is 0.176.